The van der Waals surface area contributed by atoms with Gasteiger partial charge in [-0.3, -0.25) is 14.4 Å². The van der Waals surface area contributed by atoms with Gasteiger partial charge < -0.3 is 29.7 Å². The van der Waals surface area contributed by atoms with Crippen LogP contribution in [0.4, 0.5) is 11.4 Å². The molecule has 1 fully saturated rings. The minimum absolute atomic E-state index is 0.144. The molecule has 0 bridgehead atoms. The van der Waals surface area contributed by atoms with Crippen LogP contribution in [0.25, 0.3) is 0 Å². The molecule has 30 heavy (non-hydrogen) atoms. The number of hydrogen-bond donors (Lipinski definition) is 2. The lowest BCUT2D eigenvalue weighted by atomic mass is 9.97. The maximum Gasteiger partial charge on any atom is 0.254 e. The summed E-state index contributed by atoms with van der Waals surface area (Å²) < 4.78 is 15.8. The zero-order chi connectivity index (χ0) is 21.3. The Balaban J connectivity index is 1.37. The number of nitrogens with zero attached hydrogens (tertiary/aromatic N) is 1. The number of amides is 3. The van der Waals surface area contributed by atoms with E-state index < -0.39 is 0 Å². The van der Waals surface area contributed by atoms with Crippen LogP contribution in [0.1, 0.15) is 17.3 Å². The third-order valence-corrected chi connectivity index (χ3v) is 4.94. The molecule has 3 amide bonds. The summed E-state index contributed by atoms with van der Waals surface area (Å²) in [5, 5.41) is 5.49. The number of fused-ring (bicyclic) bond motifs is 1. The molecule has 0 radical (unpaired) electrons. The van der Waals surface area contributed by atoms with Crippen LogP contribution in [0.2, 0.25) is 0 Å². The van der Waals surface area contributed by atoms with Crippen molar-refractivity contribution in [2.75, 3.05) is 37.6 Å². The fraction of sp³-hybridized carbons (Fsp3) is 0.286. The first kappa shape index (κ1) is 19.6. The van der Waals surface area contributed by atoms with Crippen LogP contribution in [0, 0.1) is 5.92 Å². The molecule has 2 heterocycles. The number of hydrogen-bond acceptors (Lipinski definition) is 6. The Morgan fingerprint density at radius 1 is 1.03 bits per heavy atom. The van der Waals surface area contributed by atoms with Crippen molar-refractivity contribution in [1.29, 1.82) is 0 Å². The van der Waals surface area contributed by atoms with Crippen LogP contribution >= 0.6 is 0 Å². The van der Waals surface area contributed by atoms with Gasteiger partial charge in [-0.05, 0) is 36.4 Å². The Bertz CT molecular complexity index is 1020. The molecule has 0 unspecified atom stereocenters. The number of anilines is 2. The second-order valence-corrected chi connectivity index (χ2v) is 7.06. The molecular weight excluding hydrogens is 390 g/mol. The molecule has 0 aromatic heterocycles. The molecule has 0 aliphatic carbocycles. The van der Waals surface area contributed by atoms with Crippen molar-refractivity contribution in [3.05, 3.63) is 42.0 Å². The van der Waals surface area contributed by atoms with E-state index in [9.17, 15) is 14.4 Å². The average Bonchev–Trinajstić information content (AvgIpc) is 3.14. The fourth-order valence-electron chi connectivity index (χ4n) is 3.34. The molecule has 1 saturated heterocycles. The standard InChI is InChI=1S/C21H21N3O6/c1-12(25)22-15-4-6-17(28-2)16(8-15)23-20(26)14-9-24(10-14)21(27)13-3-5-18-19(7-13)30-11-29-18/h3-8,14H,9-11H2,1-2H3,(H,22,25)(H,23,26). The number of ether oxygens (including phenoxy) is 3. The van der Waals surface area contributed by atoms with Gasteiger partial charge >= 0.3 is 0 Å². The largest absolute Gasteiger partial charge is 0.495 e. The fourth-order valence-corrected chi connectivity index (χ4v) is 3.34. The van der Waals surface area contributed by atoms with E-state index in [0.29, 0.717) is 47.3 Å². The highest BCUT2D eigenvalue weighted by molar-refractivity contribution is 6.00. The zero-order valence-corrected chi connectivity index (χ0v) is 16.6. The number of rotatable bonds is 5. The first-order valence-electron chi connectivity index (χ1n) is 9.40. The van der Waals surface area contributed by atoms with E-state index >= 15 is 0 Å². The van der Waals surface area contributed by atoms with Gasteiger partial charge in [0.2, 0.25) is 18.6 Å². The number of carbonyl (C=O) groups excluding carboxylic acids is 3. The van der Waals surface area contributed by atoms with Crippen LogP contribution in [0.5, 0.6) is 17.2 Å². The lowest BCUT2D eigenvalue weighted by Gasteiger charge is -2.38. The smallest absolute Gasteiger partial charge is 0.254 e. The van der Waals surface area contributed by atoms with Crippen molar-refractivity contribution in [3.63, 3.8) is 0 Å². The third-order valence-electron chi connectivity index (χ3n) is 4.94. The van der Waals surface area contributed by atoms with Crippen LogP contribution in [0.3, 0.4) is 0 Å². The summed E-state index contributed by atoms with van der Waals surface area (Å²) in [6.07, 6.45) is 0. The van der Waals surface area contributed by atoms with E-state index in [4.69, 9.17) is 14.2 Å². The molecule has 9 nitrogen and oxygen atoms in total. The van der Waals surface area contributed by atoms with Crippen LogP contribution in [-0.4, -0.2) is 49.6 Å². The molecule has 2 aromatic rings. The van der Waals surface area contributed by atoms with Gasteiger partial charge in [0.25, 0.3) is 5.91 Å². The first-order chi connectivity index (χ1) is 14.4. The highest BCUT2D eigenvalue weighted by Crippen LogP contribution is 2.34. The molecule has 0 spiro atoms. The molecule has 2 aliphatic rings. The van der Waals surface area contributed by atoms with E-state index in [1.165, 1.54) is 14.0 Å². The lowest BCUT2D eigenvalue weighted by Crippen LogP contribution is -2.54. The number of benzene rings is 2. The van der Waals surface area contributed by atoms with Crippen molar-refractivity contribution in [2.45, 2.75) is 6.92 Å². The predicted octanol–water partition coefficient (Wildman–Crippen LogP) is 2.09. The summed E-state index contributed by atoms with van der Waals surface area (Å²) in [5.41, 5.74) is 1.49. The van der Waals surface area contributed by atoms with E-state index in [2.05, 4.69) is 10.6 Å². The Kier molecular flexibility index (Phi) is 5.18. The van der Waals surface area contributed by atoms with Gasteiger partial charge in [0.05, 0.1) is 18.7 Å². The van der Waals surface area contributed by atoms with Gasteiger partial charge in [-0.1, -0.05) is 0 Å². The molecule has 156 valence electrons. The highest BCUT2D eigenvalue weighted by Gasteiger charge is 2.36. The third kappa shape index (κ3) is 3.86. The van der Waals surface area contributed by atoms with E-state index in [0.717, 1.165) is 0 Å². The minimum Gasteiger partial charge on any atom is -0.495 e. The number of methoxy groups -OCH3 is 1. The van der Waals surface area contributed by atoms with Crippen molar-refractivity contribution in [3.8, 4) is 17.2 Å². The number of likely N-dealkylation sites (tertiary alicyclic amines) is 1. The number of carbonyl (C=O) groups is 3. The number of nitrogens with one attached hydrogen (secondary N) is 2. The van der Waals surface area contributed by atoms with Crippen molar-refractivity contribution >= 4 is 29.1 Å². The maximum absolute atomic E-state index is 12.6. The van der Waals surface area contributed by atoms with Gasteiger partial charge in [-0.15, -0.1) is 0 Å². The van der Waals surface area contributed by atoms with E-state index in [1.54, 1.807) is 41.3 Å². The van der Waals surface area contributed by atoms with Crippen LogP contribution in [-0.2, 0) is 9.59 Å². The molecular formula is C21H21N3O6. The van der Waals surface area contributed by atoms with Crippen molar-refractivity contribution < 1.29 is 28.6 Å². The van der Waals surface area contributed by atoms with Crippen molar-refractivity contribution in [2.24, 2.45) is 5.92 Å². The summed E-state index contributed by atoms with van der Waals surface area (Å²) in [6.45, 7) is 2.17. The zero-order valence-electron chi connectivity index (χ0n) is 16.6. The Hall–Kier alpha value is -3.75. The van der Waals surface area contributed by atoms with Crippen LogP contribution in [0.15, 0.2) is 36.4 Å². The van der Waals surface area contributed by atoms with Gasteiger partial charge in [0, 0.05) is 31.3 Å². The SMILES string of the molecule is COc1ccc(NC(C)=O)cc1NC(=O)C1CN(C(=O)c2ccc3c(c2)OCO3)C1. The molecule has 9 heteroatoms. The van der Waals surface area contributed by atoms with Gasteiger partial charge in [0.1, 0.15) is 5.75 Å². The second kappa shape index (κ2) is 7.94. The van der Waals surface area contributed by atoms with Gasteiger partial charge in [0.15, 0.2) is 11.5 Å². The average molecular weight is 411 g/mol. The molecule has 2 aromatic carbocycles. The summed E-state index contributed by atoms with van der Waals surface area (Å²) in [6, 6.07) is 10.0. The van der Waals surface area contributed by atoms with Crippen molar-refractivity contribution in [1.82, 2.24) is 4.90 Å². The summed E-state index contributed by atoms with van der Waals surface area (Å²) in [5.74, 6) is 0.700. The Labute approximate surface area is 172 Å². The van der Waals surface area contributed by atoms with Gasteiger partial charge in [-0.2, -0.15) is 0 Å². The molecule has 4 rings (SSSR count). The Morgan fingerprint density at radius 3 is 2.53 bits per heavy atom. The van der Waals surface area contributed by atoms with E-state index in [1.807, 2.05) is 0 Å². The molecule has 2 N–H and O–H groups in total. The highest BCUT2D eigenvalue weighted by atomic mass is 16.7. The monoisotopic (exact) mass is 411 g/mol. The van der Waals surface area contributed by atoms with E-state index in [-0.39, 0.29) is 30.4 Å². The Morgan fingerprint density at radius 2 is 1.80 bits per heavy atom. The summed E-state index contributed by atoms with van der Waals surface area (Å²) >= 11 is 0. The topological polar surface area (TPSA) is 106 Å². The summed E-state index contributed by atoms with van der Waals surface area (Å²) in [7, 11) is 1.50. The predicted molar refractivity (Wildman–Crippen MR) is 108 cm³/mol. The minimum atomic E-state index is -0.336. The normalized spacial score (nSPS) is 14.7. The molecule has 2 aliphatic heterocycles. The quantitative estimate of drug-likeness (QED) is 0.781. The first-order valence-corrected chi connectivity index (χ1v) is 9.40. The van der Waals surface area contributed by atoms with Crippen LogP contribution < -0.4 is 24.8 Å². The lowest BCUT2D eigenvalue weighted by molar-refractivity contribution is -0.123. The molecule has 0 atom stereocenters. The second-order valence-electron chi connectivity index (χ2n) is 7.06. The maximum atomic E-state index is 12.6. The molecule has 0 saturated carbocycles. The van der Waals surface area contributed by atoms with Gasteiger partial charge in [-0.25, -0.2) is 0 Å². The summed E-state index contributed by atoms with van der Waals surface area (Å²) in [4.78, 5) is 38.1.